The third-order valence-electron chi connectivity index (χ3n) is 2.42. The standard InChI is InChI=1S/C10H9ClN2/c11-9-5-7(6-12)1-2-8(9)10(13)3-4-10/h1-2,5H,3-4,13H2. The van der Waals surface area contributed by atoms with Crippen LogP contribution in [-0.2, 0) is 5.54 Å². The van der Waals surface area contributed by atoms with E-state index in [1.165, 1.54) is 0 Å². The van der Waals surface area contributed by atoms with Crippen LogP contribution in [0.15, 0.2) is 18.2 Å². The second kappa shape index (κ2) is 2.73. The van der Waals surface area contributed by atoms with Crippen LogP contribution in [0, 0.1) is 11.3 Å². The van der Waals surface area contributed by atoms with Crippen LogP contribution in [0.1, 0.15) is 24.0 Å². The highest BCUT2D eigenvalue weighted by Crippen LogP contribution is 2.45. The number of halogens is 1. The fraction of sp³-hybridized carbons (Fsp3) is 0.300. The van der Waals surface area contributed by atoms with Crippen LogP contribution in [0.2, 0.25) is 5.02 Å². The van der Waals surface area contributed by atoms with E-state index in [-0.39, 0.29) is 5.54 Å². The van der Waals surface area contributed by atoms with Crippen molar-refractivity contribution in [2.45, 2.75) is 18.4 Å². The van der Waals surface area contributed by atoms with E-state index in [0.717, 1.165) is 18.4 Å². The number of nitrogens with zero attached hydrogens (tertiary/aromatic N) is 1. The zero-order valence-corrected chi connectivity index (χ0v) is 7.80. The molecule has 0 bridgehead atoms. The lowest BCUT2D eigenvalue weighted by Gasteiger charge is -2.10. The van der Waals surface area contributed by atoms with Crippen LogP contribution in [-0.4, -0.2) is 0 Å². The summed E-state index contributed by atoms with van der Waals surface area (Å²) >= 11 is 6.00. The number of benzene rings is 1. The third kappa shape index (κ3) is 1.41. The van der Waals surface area contributed by atoms with Crippen LogP contribution in [0.3, 0.4) is 0 Å². The SMILES string of the molecule is N#Cc1ccc(C2(N)CC2)c(Cl)c1. The van der Waals surface area contributed by atoms with E-state index in [2.05, 4.69) is 0 Å². The predicted octanol–water partition coefficient (Wildman–Crippen LogP) is 2.16. The molecule has 2 rings (SSSR count). The zero-order valence-electron chi connectivity index (χ0n) is 7.05. The van der Waals surface area contributed by atoms with E-state index in [9.17, 15) is 0 Å². The summed E-state index contributed by atoms with van der Waals surface area (Å²) in [4.78, 5) is 0. The first kappa shape index (κ1) is 8.55. The van der Waals surface area contributed by atoms with Gasteiger partial charge < -0.3 is 5.73 Å². The average molecular weight is 193 g/mol. The van der Waals surface area contributed by atoms with Gasteiger partial charge in [0.15, 0.2) is 0 Å². The van der Waals surface area contributed by atoms with Crippen molar-refractivity contribution in [1.82, 2.24) is 0 Å². The largest absolute Gasteiger partial charge is 0.321 e. The zero-order chi connectivity index (χ0) is 9.47. The molecule has 0 heterocycles. The molecule has 3 heteroatoms. The second-order valence-corrected chi connectivity index (χ2v) is 3.87. The smallest absolute Gasteiger partial charge is 0.0992 e. The van der Waals surface area contributed by atoms with Crippen molar-refractivity contribution in [3.63, 3.8) is 0 Å². The maximum atomic E-state index is 8.63. The summed E-state index contributed by atoms with van der Waals surface area (Å²) in [6, 6.07) is 7.33. The molecule has 2 N–H and O–H groups in total. The Hall–Kier alpha value is -1.04. The van der Waals surface area contributed by atoms with E-state index < -0.39 is 0 Å². The third-order valence-corrected chi connectivity index (χ3v) is 2.74. The Balaban J connectivity index is 2.45. The number of nitrogens with two attached hydrogens (primary N) is 1. The fourth-order valence-corrected chi connectivity index (χ4v) is 1.76. The highest BCUT2D eigenvalue weighted by atomic mass is 35.5. The second-order valence-electron chi connectivity index (χ2n) is 3.46. The first-order valence-electron chi connectivity index (χ1n) is 4.15. The van der Waals surface area contributed by atoms with Gasteiger partial charge in [-0.2, -0.15) is 5.26 Å². The summed E-state index contributed by atoms with van der Waals surface area (Å²) in [7, 11) is 0. The van der Waals surface area contributed by atoms with Crippen LogP contribution in [0.5, 0.6) is 0 Å². The molecule has 1 fully saturated rings. The lowest BCUT2D eigenvalue weighted by Crippen LogP contribution is -2.19. The van der Waals surface area contributed by atoms with Gasteiger partial charge in [-0.1, -0.05) is 17.7 Å². The minimum Gasteiger partial charge on any atom is -0.321 e. The molecule has 0 amide bonds. The van der Waals surface area contributed by atoms with Crippen molar-refractivity contribution in [2.24, 2.45) is 5.73 Å². The maximum absolute atomic E-state index is 8.63. The van der Waals surface area contributed by atoms with Gasteiger partial charge in [-0.25, -0.2) is 0 Å². The first-order chi connectivity index (χ1) is 6.15. The van der Waals surface area contributed by atoms with Crippen molar-refractivity contribution in [3.05, 3.63) is 34.3 Å². The topological polar surface area (TPSA) is 49.8 Å². The van der Waals surface area contributed by atoms with Gasteiger partial charge in [0.1, 0.15) is 0 Å². The van der Waals surface area contributed by atoms with Gasteiger partial charge in [-0.3, -0.25) is 0 Å². The van der Waals surface area contributed by atoms with Crippen molar-refractivity contribution in [2.75, 3.05) is 0 Å². The lowest BCUT2D eigenvalue weighted by molar-refractivity contribution is 0.740. The van der Waals surface area contributed by atoms with Gasteiger partial charge in [0.2, 0.25) is 0 Å². The van der Waals surface area contributed by atoms with E-state index in [1.54, 1.807) is 12.1 Å². The van der Waals surface area contributed by atoms with E-state index in [1.807, 2.05) is 12.1 Å². The summed E-state index contributed by atoms with van der Waals surface area (Å²) in [5.41, 5.74) is 7.32. The number of hydrogen-bond donors (Lipinski definition) is 1. The van der Waals surface area contributed by atoms with E-state index >= 15 is 0 Å². The first-order valence-corrected chi connectivity index (χ1v) is 4.52. The molecule has 0 unspecified atom stereocenters. The molecule has 0 atom stereocenters. The van der Waals surface area contributed by atoms with Crippen molar-refractivity contribution in [1.29, 1.82) is 5.26 Å². The minimum atomic E-state index is -0.217. The molecule has 1 aromatic carbocycles. The van der Waals surface area contributed by atoms with Gasteiger partial charge in [-0.05, 0) is 30.5 Å². The normalized spacial score (nSPS) is 17.9. The Morgan fingerprint density at radius 1 is 1.46 bits per heavy atom. The van der Waals surface area contributed by atoms with Gasteiger partial charge in [0.05, 0.1) is 11.6 Å². The molecular formula is C10H9ClN2. The van der Waals surface area contributed by atoms with Crippen LogP contribution in [0.4, 0.5) is 0 Å². The molecule has 0 spiro atoms. The number of nitriles is 1. The van der Waals surface area contributed by atoms with E-state index in [4.69, 9.17) is 22.6 Å². The highest BCUT2D eigenvalue weighted by Gasteiger charge is 2.41. The summed E-state index contributed by atoms with van der Waals surface area (Å²) < 4.78 is 0. The van der Waals surface area contributed by atoms with Crippen molar-refractivity contribution >= 4 is 11.6 Å². The Kier molecular flexibility index (Phi) is 1.80. The summed E-state index contributed by atoms with van der Waals surface area (Å²) in [6.07, 6.45) is 1.97. The van der Waals surface area contributed by atoms with Crippen LogP contribution < -0.4 is 5.73 Å². The predicted molar refractivity (Wildman–Crippen MR) is 51.3 cm³/mol. The minimum absolute atomic E-state index is 0.217. The van der Waals surface area contributed by atoms with Gasteiger partial charge in [0.25, 0.3) is 0 Å². The molecule has 1 aliphatic rings. The average Bonchev–Trinajstić information content (AvgIpc) is 2.84. The molecule has 1 aromatic rings. The molecule has 1 aliphatic carbocycles. The van der Waals surface area contributed by atoms with Crippen molar-refractivity contribution in [3.8, 4) is 6.07 Å². The summed E-state index contributed by atoms with van der Waals surface area (Å²) in [6.45, 7) is 0. The molecule has 1 saturated carbocycles. The number of rotatable bonds is 1. The Morgan fingerprint density at radius 3 is 2.62 bits per heavy atom. The monoisotopic (exact) mass is 192 g/mol. The van der Waals surface area contributed by atoms with Crippen molar-refractivity contribution < 1.29 is 0 Å². The Labute approximate surface area is 81.9 Å². The van der Waals surface area contributed by atoms with Gasteiger partial charge in [0, 0.05) is 10.6 Å². The summed E-state index contributed by atoms with van der Waals surface area (Å²) in [5, 5.41) is 9.24. The molecule has 2 nitrogen and oxygen atoms in total. The molecule has 0 aliphatic heterocycles. The molecule has 0 radical (unpaired) electrons. The molecular weight excluding hydrogens is 184 g/mol. The molecule has 13 heavy (non-hydrogen) atoms. The van der Waals surface area contributed by atoms with Gasteiger partial charge >= 0.3 is 0 Å². The van der Waals surface area contributed by atoms with Gasteiger partial charge in [-0.15, -0.1) is 0 Å². The van der Waals surface area contributed by atoms with Crippen LogP contribution in [0.25, 0.3) is 0 Å². The quantitative estimate of drug-likeness (QED) is 0.742. The Morgan fingerprint density at radius 2 is 2.15 bits per heavy atom. The molecule has 0 saturated heterocycles. The molecule has 0 aromatic heterocycles. The maximum Gasteiger partial charge on any atom is 0.0992 e. The Bertz CT molecular complexity index is 388. The van der Waals surface area contributed by atoms with Crippen LogP contribution >= 0.6 is 11.6 Å². The fourth-order valence-electron chi connectivity index (χ4n) is 1.39. The lowest BCUT2D eigenvalue weighted by atomic mass is 10.0. The number of hydrogen-bond acceptors (Lipinski definition) is 2. The van der Waals surface area contributed by atoms with E-state index in [0.29, 0.717) is 10.6 Å². The summed E-state index contributed by atoms with van der Waals surface area (Å²) in [5.74, 6) is 0. The highest BCUT2D eigenvalue weighted by molar-refractivity contribution is 6.31. The molecule has 66 valence electrons.